The number of carbonyl (C=O) groups excluding carboxylic acids is 1. The zero-order valence-electron chi connectivity index (χ0n) is 14.6. The first-order valence-corrected chi connectivity index (χ1v) is 8.80. The van der Waals surface area contributed by atoms with Gasteiger partial charge < -0.3 is 0 Å². The molecule has 0 saturated heterocycles. The molecule has 0 spiro atoms. The van der Waals surface area contributed by atoms with Gasteiger partial charge in [0.2, 0.25) is 11.9 Å². The Morgan fingerprint density at radius 3 is 2.09 bits per heavy atom. The van der Waals surface area contributed by atoms with Crippen molar-refractivity contribution in [1.82, 2.24) is 9.97 Å². The quantitative estimate of drug-likeness (QED) is 0.638. The van der Waals surface area contributed by atoms with E-state index in [1.165, 1.54) is 0 Å². The van der Waals surface area contributed by atoms with E-state index in [2.05, 4.69) is 30.7 Å². The fourth-order valence-electron chi connectivity index (χ4n) is 2.70. The van der Waals surface area contributed by atoms with Crippen LogP contribution >= 0.6 is 0 Å². The minimum Gasteiger partial charge on any atom is -0.278 e. The summed E-state index contributed by atoms with van der Waals surface area (Å²) in [5, 5.41) is 0. The van der Waals surface area contributed by atoms with Crippen molar-refractivity contribution >= 4 is 11.9 Å². The summed E-state index contributed by atoms with van der Waals surface area (Å²) in [5.74, 6) is 0.687. The Morgan fingerprint density at radius 1 is 1.05 bits per heavy atom. The van der Waals surface area contributed by atoms with Gasteiger partial charge in [-0.05, 0) is 31.2 Å². The Labute approximate surface area is 135 Å². The molecule has 1 aromatic heterocycles. The number of carbonyl (C=O) groups is 1. The molecular formula is C18H31N3O. The van der Waals surface area contributed by atoms with Gasteiger partial charge >= 0.3 is 0 Å². The monoisotopic (exact) mass is 305 g/mol. The van der Waals surface area contributed by atoms with E-state index in [1.54, 1.807) is 0 Å². The molecule has 0 aromatic carbocycles. The number of unbranched alkanes of at least 4 members (excludes halogenated alkanes) is 1. The van der Waals surface area contributed by atoms with Crippen LogP contribution in [0.15, 0.2) is 12.4 Å². The number of nitrogens with zero attached hydrogens (tertiary/aromatic N) is 3. The lowest BCUT2D eigenvalue weighted by molar-refractivity contribution is -0.118. The largest absolute Gasteiger partial charge is 0.278 e. The molecule has 0 saturated carbocycles. The third-order valence-corrected chi connectivity index (χ3v) is 3.91. The fraction of sp³-hybridized carbons (Fsp3) is 0.722. The predicted molar refractivity (Wildman–Crippen MR) is 92.0 cm³/mol. The minimum absolute atomic E-state index is 0.119. The van der Waals surface area contributed by atoms with Crippen LogP contribution in [-0.4, -0.2) is 21.9 Å². The Bertz CT molecular complexity index is 424. The van der Waals surface area contributed by atoms with Crippen molar-refractivity contribution < 1.29 is 4.79 Å². The van der Waals surface area contributed by atoms with E-state index in [9.17, 15) is 4.79 Å². The van der Waals surface area contributed by atoms with Gasteiger partial charge in [0.25, 0.3) is 0 Å². The first kappa shape index (κ1) is 18.6. The van der Waals surface area contributed by atoms with Crippen LogP contribution in [0.1, 0.15) is 78.2 Å². The van der Waals surface area contributed by atoms with Crippen molar-refractivity contribution in [2.45, 2.75) is 85.1 Å². The van der Waals surface area contributed by atoms with Crippen LogP contribution in [0, 0.1) is 0 Å². The molecule has 0 unspecified atom stereocenters. The molecule has 1 rings (SSSR count). The fourth-order valence-corrected chi connectivity index (χ4v) is 2.70. The number of anilines is 1. The zero-order chi connectivity index (χ0) is 16.4. The molecule has 1 amide bonds. The highest BCUT2D eigenvalue weighted by Gasteiger charge is 2.25. The molecular weight excluding hydrogens is 274 g/mol. The summed E-state index contributed by atoms with van der Waals surface area (Å²) in [4.78, 5) is 23.2. The molecule has 22 heavy (non-hydrogen) atoms. The normalized spacial score (nSPS) is 11.0. The van der Waals surface area contributed by atoms with Gasteiger partial charge in [0.1, 0.15) is 0 Å². The molecule has 1 heterocycles. The number of hydrogen-bond donors (Lipinski definition) is 0. The smallest absolute Gasteiger partial charge is 0.232 e. The molecule has 0 fully saturated rings. The Morgan fingerprint density at radius 2 is 1.64 bits per heavy atom. The standard InChI is InChI=1S/C18H31N3O/c1-5-9-12-15-13-19-18(20-14-15)21(17(22)8-4)16(10-6-2)11-7-3/h13-14,16H,5-12H2,1-4H3. The maximum Gasteiger partial charge on any atom is 0.232 e. The zero-order valence-corrected chi connectivity index (χ0v) is 14.6. The van der Waals surface area contributed by atoms with Crippen molar-refractivity contribution in [3.8, 4) is 0 Å². The van der Waals surface area contributed by atoms with E-state index >= 15 is 0 Å². The summed E-state index contributed by atoms with van der Waals surface area (Å²) in [7, 11) is 0. The topological polar surface area (TPSA) is 46.1 Å². The number of amides is 1. The summed E-state index contributed by atoms with van der Waals surface area (Å²) in [5.41, 5.74) is 1.15. The van der Waals surface area contributed by atoms with E-state index in [4.69, 9.17) is 0 Å². The Kier molecular flexibility index (Phi) is 8.71. The second kappa shape index (κ2) is 10.3. The Balaban J connectivity index is 2.97. The molecule has 0 radical (unpaired) electrons. The molecule has 0 N–H and O–H groups in total. The molecule has 0 aliphatic heterocycles. The molecule has 0 aliphatic carbocycles. The summed E-state index contributed by atoms with van der Waals surface area (Å²) in [6, 6.07) is 0.212. The van der Waals surface area contributed by atoms with Gasteiger partial charge in [-0.1, -0.05) is 47.0 Å². The molecule has 0 atom stereocenters. The first-order chi connectivity index (χ1) is 10.7. The van der Waals surface area contributed by atoms with Gasteiger partial charge in [-0.2, -0.15) is 0 Å². The molecule has 124 valence electrons. The van der Waals surface area contributed by atoms with Crippen molar-refractivity contribution in [3.05, 3.63) is 18.0 Å². The third-order valence-electron chi connectivity index (χ3n) is 3.91. The van der Waals surface area contributed by atoms with Crippen molar-refractivity contribution in [2.75, 3.05) is 4.90 Å². The van der Waals surface area contributed by atoms with Gasteiger partial charge in [0.05, 0.1) is 0 Å². The maximum atomic E-state index is 12.4. The second-order valence-electron chi connectivity index (χ2n) is 5.84. The Hall–Kier alpha value is -1.45. The summed E-state index contributed by atoms with van der Waals surface area (Å²) in [6.45, 7) is 8.40. The van der Waals surface area contributed by atoms with Crippen molar-refractivity contribution in [3.63, 3.8) is 0 Å². The lowest BCUT2D eigenvalue weighted by atomic mass is 10.0. The van der Waals surface area contributed by atoms with E-state index in [1.807, 2.05) is 24.2 Å². The van der Waals surface area contributed by atoms with Crippen molar-refractivity contribution in [1.29, 1.82) is 0 Å². The van der Waals surface area contributed by atoms with Crippen molar-refractivity contribution in [2.24, 2.45) is 0 Å². The van der Waals surface area contributed by atoms with Crippen LogP contribution in [-0.2, 0) is 11.2 Å². The maximum absolute atomic E-state index is 12.4. The van der Waals surface area contributed by atoms with Gasteiger partial charge in [-0.15, -0.1) is 0 Å². The second-order valence-corrected chi connectivity index (χ2v) is 5.84. The van der Waals surface area contributed by atoms with E-state index < -0.39 is 0 Å². The van der Waals surface area contributed by atoms with Crippen LogP contribution < -0.4 is 4.90 Å². The molecule has 1 aromatic rings. The SMILES string of the molecule is CCCCc1cnc(N(C(=O)CC)C(CCC)CCC)nc1. The number of hydrogen-bond acceptors (Lipinski definition) is 3. The van der Waals surface area contributed by atoms with E-state index in [0.717, 1.165) is 50.5 Å². The van der Waals surface area contributed by atoms with Crippen LogP contribution in [0.25, 0.3) is 0 Å². The van der Waals surface area contributed by atoms with E-state index in [-0.39, 0.29) is 11.9 Å². The van der Waals surface area contributed by atoms with Gasteiger partial charge in [0.15, 0.2) is 0 Å². The lowest BCUT2D eigenvalue weighted by Crippen LogP contribution is -2.41. The average molecular weight is 305 g/mol. The van der Waals surface area contributed by atoms with Gasteiger partial charge in [0, 0.05) is 24.9 Å². The average Bonchev–Trinajstić information content (AvgIpc) is 2.54. The highest BCUT2D eigenvalue weighted by atomic mass is 16.2. The van der Waals surface area contributed by atoms with Crippen LogP contribution in [0.3, 0.4) is 0 Å². The van der Waals surface area contributed by atoms with Gasteiger partial charge in [-0.3, -0.25) is 9.69 Å². The molecule has 4 heteroatoms. The van der Waals surface area contributed by atoms with Crippen LogP contribution in [0.2, 0.25) is 0 Å². The molecule has 0 bridgehead atoms. The minimum atomic E-state index is 0.119. The summed E-state index contributed by atoms with van der Waals surface area (Å²) < 4.78 is 0. The molecule has 4 nitrogen and oxygen atoms in total. The predicted octanol–water partition coefficient (Wildman–Crippen LogP) is 4.53. The number of aryl methyl sites for hydroxylation is 1. The van der Waals surface area contributed by atoms with Crippen LogP contribution in [0.5, 0.6) is 0 Å². The van der Waals surface area contributed by atoms with Gasteiger partial charge in [-0.25, -0.2) is 9.97 Å². The highest BCUT2D eigenvalue weighted by Crippen LogP contribution is 2.20. The summed E-state index contributed by atoms with van der Waals surface area (Å²) >= 11 is 0. The van der Waals surface area contributed by atoms with Crippen LogP contribution in [0.4, 0.5) is 5.95 Å². The summed E-state index contributed by atoms with van der Waals surface area (Å²) in [6.07, 6.45) is 11.7. The third kappa shape index (κ3) is 5.39. The lowest BCUT2D eigenvalue weighted by Gasteiger charge is -2.29. The molecule has 0 aliphatic rings. The highest BCUT2D eigenvalue weighted by molar-refractivity contribution is 5.91. The number of aromatic nitrogens is 2. The number of rotatable bonds is 10. The van der Waals surface area contributed by atoms with E-state index in [0.29, 0.717) is 12.4 Å². The first-order valence-electron chi connectivity index (χ1n) is 8.80.